The fourth-order valence-corrected chi connectivity index (χ4v) is 2.76. The van der Waals surface area contributed by atoms with Gasteiger partial charge in [0.1, 0.15) is 0 Å². The van der Waals surface area contributed by atoms with Gasteiger partial charge in [-0.2, -0.15) is 0 Å². The van der Waals surface area contributed by atoms with Gasteiger partial charge in [-0.05, 0) is 54.8 Å². The van der Waals surface area contributed by atoms with E-state index in [9.17, 15) is 0 Å². The minimum absolute atomic E-state index is 1.07. The molecule has 96 valence electrons. The van der Waals surface area contributed by atoms with Crippen LogP contribution in [0.4, 0.5) is 0 Å². The molecule has 0 aliphatic carbocycles. The zero-order valence-electron chi connectivity index (χ0n) is 10.9. The van der Waals surface area contributed by atoms with Gasteiger partial charge in [-0.25, -0.2) is 0 Å². The lowest BCUT2D eigenvalue weighted by Crippen LogP contribution is -2.13. The van der Waals surface area contributed by atoms with Crippen molar-refractivity contribution in [3.05, 3.63) is 46.4 Å². The van der Waals surface area contributed by atoms with E-state index in [4.69, 9.17) is 0 Å². The Morgan fingerprint density at radius 1 is 1.00 bits per heavy atom. The number of aryl methyl sites for hydroxylation is 1. The van der Waals surface area contributed by atoms with Gasteiger partial charge in [0.25, 0.3) is 0 Å². The average Bonchev–Trinajstić information content (AvgIpc) is 2.41. The molecule has 0 atom stereocenters. The molecule has 0 spiro atoms. The van der Waals surface area contributed by atoms with Crippen LogP contribution in [0.1, 0.15) is 25.3 Å². The highest BCUT2D eigenvalue weighted by molar-refractivity contribution is 9.10. The summed E-state index contributed by atoms with van der Waals surface area (Å²) in [4.78, 5) is 0. The normalized spacial score (nSPS) is 11.0. The molecule has 0 aliphatic heterocycles. The average molecular weight is 306 g/mol. The third-order valence-electron chi connectivity index (χ3n) is 3.26. The van der Waals surface area contributed by atoms with Gasteiger partial charge in [0.15, 0.2) is 0 Å². The smallest absolute Gasteiger partial charge is 0.0253 e. The van der Waals surface area contributed by atoms with E-state index in [1.54, 1.807) is 0 Å². The minimum Gasteiger partial charge on any atom is -0.317 e. The second-order valence-electron chi connectivity index (χ2n) is 4.56. The Kier molecular flexibility index (Phi) is 5.21. The molecule has 0 radical (unpaired) electrons. The summed E-state index contributed by atoms with van der Waals surface area (Å²) in [6.07, 6.45) is 3.66. The lowest BCUT2D eigenvalue weighted by atomic mass is 10.0. The van der Waals surface area contributed by atoms with Crippen molar-refractivity contribution in [2.75, 3.05) is 13.1 Å². The van der Waals surface area contributed by atoms with Crippen molar-refractivity contribution in [1.29, 1.82) is 0 Å². The summed E-state index contributed by atoms with van der Waals surface area (Å²) in [5.41, 5.74) is 1.46. The van der Waals surface area contributed by atoms with Crippen LogP contribution < -0.4 is 5.32 Å². The molecular weight excluding hydrogens is 286 g/mol. The van der Waals surface area contributed by atoms with Gasteiger partial charge in [-0.3, -0.25) is 0 Å². The standard InChI is InChI=1S/C16H20BrN/c1-2-18-12-6-5-7-13-10-11-16(17)15-9-4-3-8-14(13)15/h3-4,8-11,18H,2,5-7,12H2,1H3. The largest absolute Gasteiger partial charge is 0.317 e. The van der Waals surface area contributed by atoms with Crippen molar-refractivity contribution in [2.24, 2.45) is 0 Å². The van der Waals surface area contributed by atoms with Gasteiger partial charge in [-0.15, -0.1) is 0 Å². The third-order valence-corrected chi connectivity index (χ3v) is 3.95. The van der Waals surface area contributed by atoms with Crippen LogP contribution >= 0.6 is 15.9 Å². The van der Waals surface area contributed by atoms with Crippen LogP contribution in [0.3, 0.4) is 0 Å². The van der Waals surface area contributed by atoms with E-state index in [2.05, 4.69) is 64.6 Å². The summed E-state index contributed by atoms with van der Waals surface area (Å²) in [6, 6.07) is 13.0. The topological polar surface area (TPSA) is 12.0 Å². The monoisotopic (exact) mass is 305 g/mol. The first-order valence-corrected chi connectivity index (χ1v) is 7.49. The SMILES string of the molecule is CCNCCCCc1ccc(Br)c2ccccc12. The van der Waals surface area contributed by atoms with Crippen LogP contribution in [0.15, 0.2) is 40.9 Å². The third kappa shape index (κ3) is 3.33. The highest BCUT2D eigenvalue weighted by atomic mass is 79.9. The van der Waals surface area contributed by atoms with E-state index in [1.165, 1.54) is 40.1 Å². The quantitative estimate of drug-likeness (QED) is 0.773. The van der Waals surface area contributed by atoms with Crippen molar-refractivity contribution in [3.8, 4) is 0 Å². The first-order valence-electron chi connectivity index (χ1n) is 6.69. The second-order valence-corrected chi connectivity index (χ2v) is 5.42. The molecule has 2 aromatic rings. The minimum atomic E-state index is 1.07. The van der Waals surface area contributed by atoms with Gasteiger partial charge in [0.05, 0.1) is 0 Å². The van der Waals surface area contributed by atoms with Gasteiger partial charge in [0.2, 0.25) is 0 Å². The zero-order valence-corrected chi connectivity index (χ0v) is 12.5. The van der Waals surface area contributed by atoms with E-state index in [0.717, 1.165) is 13.1 Å². The van der Waals surface area contributed by atoms with Gasteiger partial charge in [0, 0.05) is 4.47 Å². The molecule has 1 N–H and O–H groups in total. The lowest BCUT2D eigenvalue weighted by Gasteiger charge is -2.08. The molecule has 0 fully saturated rings. The van der Waals surface area contributed by atoms with Crippen LogP contribution in [-0.2, 0) is 6.42 Å². The Morgan fingerprint density at radius 2 is 1.78 bits per heavy atom. The fraction of sp³-hybridized carbons (Fsp3) is 0.375. The summed E-state index contributed by atoms with van der Waals surface area (Å²) in [5.74, 6) is 0. The Morgan fingerprint density at radius 3 is 2.56 bits per heavy atom. The maximum Gasteiger partial charge on any atom is 0.0253 e. The van der Waals surface area contributed by atoms with Gasteiger partial charge < -0.3 is 5.32 Å². The Labute approximate surface area is 118 Å². The van der Waals surface area contributed by atoms with Crippen LogP contribution in [0.25, 0.3) is 10.8 Å². The molecule has 0 amide bonds. The number of hydrogen-bond donors (Lipinski definition) is 1. The van der Waals surface area contributed by atoms with E-state index in [-0.39, 0.29) is 0 Å². The molecule has 0 aromatic heterocycles. The van der Waals surface area contributed by atoms with Crippen molar-refractivity contribution in [2.45, 2.75) is 26.2 Å². The first-order chi connectivity index (χ1) is 8.83. The highest BCUT2D eigenvalue weighted by Crippen LogP contribution is 2.27. The van der Waals surface area contributed by atoms with Crippen molar-refractivity contribution in [1.82, 2.24) is 5.32 Å². The molecule has 0 saturated heterocycles. The molecule has 18 heavy (non-hydrogen) atoms. The number of rotatable bonds is 6. The van der Waals surface area contributed by atoms with Gasteiger partial charge >= 0.3 is 0 Å². The highest BCUT2D eigenvalue weighted by Gasteiger charge is 2.03. The van der Waals surface area contributed by atoms with Crippen molar-refractivity contribution < 1.29 is 0 Å². The molecule has 2 rings (SSSR count). The van der Waals surface area contributed by atoms with Crippen LogP contribution in [-0.4, -0.2) is 13.1 Å². The molecule has 0 heterocycles. The molecule has 0 bridgehead atoms. The maximum absolute atomic E-state index is 3.62. The Hall–Kier alpha value is -0.860. The van der Waals surface area contributed by atoms with Gasteiger partial charge in [-0.1, -0.05) is 53.2 Å². The number of fused-ring (bicyclic) bond motifs is 1. The summed E-state index contributed by atoms with van der Waals surface area (Å²) < 4.78 is 1.19. The molecule has 0 saturated carbocycles. The zero-order chi connectivity index (χ0) is 12.8. The summed E-state index contributed by atoms with van der Waals surface area (Å²) in [6.45, 7) is 4.36. The van der Waals surface area contributed by atoms with Crippen LogP contribution in [0, 0.1) is 0 Å². The lowest BCUT2D eigenvalue weighted by molar-refractivity contribution is 0.642. The number of nitrogens with one attached hydrogen (secondary N) is 1. The predicted molar refractivity (Wildman–Crippen MR) is 83.1 cm³/mol. The van der Waals surface area contributed by atoms with E-state index < -0.39 is 0 Å². The van der Waals surface area contributed by atoms with Crippen LogP contribution in [0.2, 0.25) is 0 Å². The van der Waals surface area contributed by atoms with Crippen molar-refractivity contribution >= 4 is 26.7 Å². The van der Waals surface area contributed by atoms with Crippen molar-refractivity contribution in [3.63, 3.8) is 0 Å². The second kappa shape index (κ2) is 6.91. The number of halogens is 1. The molecule has 0 aliphatic rings. The summed E-state index contributed by atoms with van der Waals surface area (Å²) >= 11 is 3.62. The molecule has 2 aromatic carbocycles. The number of unbranched alkanes of at least 4 members (excludes halogenated alkanes) is 1. The maximum atomic E-state index is 3.62. The molecule has 1 nitrogen and oxygen atoms in total. The van der Waals surface area contributed by atoms with E-state index in [0.29, 0.717) is 0 Å². The molecule has 0 unspecified atom stereocenters. The number of hydrogen-bond acceptors (Lipinski definition) is 1. The summed E-state index contributed by atoms with van der Waals surface area (Å²) in [7, 11) is 0. The molecule has 2 heteroatoms. The predicted octanol–water partition coefficient (Wildman–Crippen LogP) is 4.53. The van der Waals surface area contributed by atoms with E-state index in [1.807, 2.05) is 0 Å². The molecular formula is C16H20BrN. The first kappa shape index (κ1) is 13.6. The Bertz CT molecular complexity index is 507. The van der Waals surface area contributed by atoms with Crippen LogP contribution in [0.5, 0.6) is 0 Å². The fourth-order valence-electron chi connectivity index (χ4n) is 2.28. The summed E-state index contributed by atoms with van der Waals surface area (Å²) in [5, 5.41) is 6.08. The van der Waals surface area contributed by atoms with E-state index >= 15 is 0 Å². The Balaban J connectivity index is 2.07. The number of benzene rings is 2.